The Morgan fingerprint density at radius 1 is 1.03 bits per heavy atom. The highest BCUT2D eigenvalue weighted by Crippen LogP contribution is 2.32. The van der Waals surface area contributed by atoms with Crippen LogP contribution in [0.15, 0.2) is 48.5 Å². The van der Waals surface area contributed by atoms with Gasteiger partial charge in [0.15, 0.2) is 12.4 Å². The number of anilines is 1. The minimum absolute atomic E-state index is 0.103. The van der Waals surface area contributed by atoms with Gasteiger partial charge in [0.1, 0.15) is 22.8 Å². The molecule has 0 aliphatic carbocycles. The molecule has 0 fully saturated rings. The Morgan fingerprint density at radius 3 is 2.51 bits per heavy atom. The van der Waals surface area contributed by atoms with E-state index < -0.39 is 0 Å². The molecule has 2 heterocycles. The zero-order valence-electron chi connectivity index (χ0n) is 21.4. The number of pyridine rings is 1. The number of aryl methyl sites for hydroxylation is 3. The topological polar surface area (TPSA) is 78.3 Å². The fourth-order valence-electron chi connectivity index (χ4n) is 4.09. The summed E-state index contributed by atoms with van der Waals surface area (Å²) in [7, 11) is 1.63. The summed E-state index contributed by atoms with van der Waals surface area (Å²) in [5.74, 6) is 2.24. The number of nitrogens with one attached hydrogen (secondary N) is 1. The summed E-state index contributed by atoms with van der Waals surface area (Å²) in [6, 6.07) is 15.6. The molecule has 0 saturated carbocycles. The number of benzene rings is 2. The summed E-state index contributed by atoms with van der Waals surface area (Å²) < 4.78 is 13.1. The number of carbonyl (C=O) groups is 1. The minimum atomic E-state index is -0.276. The normalized spacial score (nSPS) is 11.5. The Bertz CT molecular complexity index is 1400. The van der Waals surface area contributed by atoms with Crippen LogP contribution in [0.5, 0.6) is 11.5 Å². The van der Waals surface area contributed by atoms with Gasteiger partial charge in [0, 0.05) is 11.5 Å². The zero-order valence-corrected chi connectivity index (χ0v) is 21.4. The third-order valence-corrected chi connectivity index (χ3v) is 5.83. The quantitative estimate of drug-likeness (QED) is 0.391. The first-order valence-corrected chi connectivity index (χ1v) is 11.6. The van der Waals surface area contributed by atoms with Crippen molar-refractivity contribution in [1.82, 2.24) is 14.8 Å². The van der Waals surface area contributed by atoms with Gasteiger partial charge in [-0.2, -0.15) is 9.78 Å². The molecule has 2 aromatic heterocycles. The molecule has 0 spiro atoms. The van der Waals surface area contributed by atoms with Crippen molar-refractivity contribution in [3.63, 3.8) is 0 Å². The highest BCUT2D eigenvalue weighted by molar-refractivity contribution is 5.92. The first-order chi connectivity index (χ1) is 16.6. The highest BCUT2D eigenvalue weighted by atomic mass is 16.5. The van der Waals surface area contributed by atoms with Gasteiger partial charge in [-0.3, -0.25) is 4.79 Å². The second-order valence-electron chi connectivity index (χ2n) is 9.82. The number of rotatable bonds is 6. The van der Waals surface area contributed by atoms with Crippen molar-refractivity contribution in [2.45, 2.75) is 47.0 Å². The molecule has 7 nitrogen and oxygen atoms in total. The number of ether oxygens (including phenoxy) is 2. The molecular formula is C28H32N4O3. The summed E-state index contributed by atoms with van der Waals surface area (Å²) in [4.78, 5) is 17.7. The summed E-state index contributed by atoms with van der Waals surface area (Å²) in [5, 5.41) is 8.50. The van der Waals surface area contributed by atoms with Gasteiger partial charge < -0.3 is 14.8 Å². The van der Waals surface area contributed by atoms with Crippen molar-refractivity contribution in [2.24, 2.45) is 0 Å². The third-order valence-electron chi connectivity index (χ3n) is 5.83. The molecule has 0 unspecified atom stereocenters. The molecule has 35 heavy (non-hydrogen) atoms. The minimum Gasteiger partial charge on any atom is -0.494 e. The van der Waals surface area contributed by atoms with E-state index in [1.165, 1.54) is 0 Å². The van der Waals surface area contributed by atoms with Gasteiger partial charge in [-0.05, 0) is 55.5 Å². The average Bonchev–Trinajstić information content (AvgIpc) is 3.17. The molecule has 0 bridgehead atoms. The van der Waals surface area contributed by atoms with Crippen LogP contribution >= 0.6 is 0 Å². The van der Waals surface area contributed by atoms with Crippen molar-refractivity contribution in [1.29, 1.82) is 0 Å². The van der Waals surface area contributed by atoms with E-state index >= 15 is 0 Å². The third kappa shape index (κ3) is 5.14. The smallest absolute Gasteiger partial charge is 0.263 e. The van der Waals surface area contributed by atoms with Gasteiger partial charge >= 0.3 is 0 Å². The molecule has 0 atom stereocenters. The van der Waals surface area contributed by atoms with Crippen molar-refractivity contribution in [2.75, 3.05) is 19.0 Å². The number of para-hydroxylation sites is 1. The first-order valence-electron chi connectivity index (χ1n) is 11.6. The maximum Gasteiger partial charge on any atom is 0.263 e. The molecule has 1 N–H and O–H groups in total. The molecule has 4 rings (SSSR count). The molecule has 0 aliphatic heterocycles. The van der Waals surface area contributed by atoms with Crippen LogP contribution in [0.3, 0.4) is 0 Å². The molecule has 1 amide bonds. The molecule has 7 heteroatoms. The lowest BCUT2D eigenvalue weighted by molar-refractivity contribution is -0.118. The Kier molecular flexibility index (Phi) is 6.52. The SMILES string of the molecule is COc1cccc2c(C)cc(-n3nc(C)cc3NC(=O)COc3ccc(C)cc3C(C)(C)C)nc12. The van der Waals surface area contributed by atoms with E-state index in [2.05, 4.69) is 37.3 Å². The Hall–Kier alpha value is -3.87. The average molecular weight is 473 g/mol. The molecule has 0 aliphatic rings. The predicted molar refractivity (Wildman–Crippen MR) is 139 cm³/mol. The molecule has 0 radical (unpaired) electrons. The highest BCUT2D eigenvalue weighted by Gasteiger charge is 2.20. The van der Waals surface area contributed by atoms with Crippen LogP contribution < -0.4 is 14.8 Å². The lowest BCUT2D eigenvalue weighted by Gasteiger charge is -2.23. The van der Waals surface area contributed by atoms with E-state index in [-0.39, 0.29) is 17.9 Å². The first kappa shape index (κ1) is 24.3. The van der Waals surface area contributed by atoms with Crippen LogP contribution in [-0.4, -0.2) is 34.4 Å². The van der Waals surface area contributed by atoms with Crippen LogP contribution in [0.2, 0.25) is 0 Å². The van der Waals surface area contributed by atoms with Gasteiger partial charge in [0.2, 0.25) is 0 Å². The van der Waals surface area contributed by atoms with Gasteiger partial charge in [-0.15, -0.1) is 0 Å². The fourth-order valence-corrected chi connectivity index (χ4v) is 4.09. The number of methoxy groups -OCH3 is 1. The van der Waals surface area contributed by atoms with Crippen LogP contribution in [0.4, 0.5) is 5.82 Å². The van der Waals surface area contributed by atoms with Crippen LogP contribution in [0.1, 0.15) is 43.2 Å². The Morgan fingerprint density at radius 2 is 1.80 bits per heavy atom. The second-order valence-corrected chi connectivity index (χ2v) is 9.82. The number of nitrogens with zero attached hydrogens (tertiary/aromatic N) is 3. The molecule has 182 valence electrons. The molecule has 4 aromatic rings. The van der Waals surface area contributed by atoms with Crippen LogP contribution in [0, 0.1) is 20.8 Å². The lowest BCUT2D eigenvalue weighted by atomic mass is 9.85. The number of hydrogen-bond acceptors (Lipinski definition) is 5. The second kappa shape index (κ2) is 9.41. The monoisotopic (exact) mass is 472 g/mol. The van der Waals surface area contributed by atoms with E-state index in [0.29, 0.717) is 23.1 Å². The summed E-state index contributed by atoms with van der Waals surface area (Å²) in [6.07, 6.45) is 0. The summed E-state index contributed by atoms with van der Waals surface area (Å²) in [6.45, 7) is 12.2. The van der Waals surface area contributed by atoms with Crippen molar-refractivity contribution < 1.29 is 14.3 Å². The maximum absolute atomic E-state index is 12.9. The van der Waals surface area contributed by atoms with E-state index in [1.54, 1.807) is 11.8 Å². The molecule has 2 aromatic carbocycles. The maximum atomic E-state index is 12.9. The van der Waals surface area contributed by atoms with Gasteiger partial charge in [0.05, 0.1) is 12.8 Å². The number of fused-ring (bicyclic) bond motifs is 1. The standard InChI is InChI=1S/C28H32N4O3/c1-17-11-12-22(21(13-17)28(4,5)6)35-16-26(33)29-25-15-19(3)31-32(25)24-14-18(2)20-9-8-10-23(34-7)27(20)30-24/h8-15H,16H2,1-7H3,(H,29,33). The Balaban J connectivity index is 1.59. The summed E-state index contributed by atoms with van der Waals surface area (Å²) in [5.41, 5.74) is 4.65. The largest absolute Gasteiger partial charge is 0.494 e. The van der Waals surface area contributed by atoms with Gasteiger partial charge in [0.25, 0.3) is 5.91 Å². The molecule has 0 saturated heterocycles. The zero-order chi connectivity index (χ0) is 25.3. The number of amides is 1. The van der Waals surface area contributed by atoms with Crippen molar-refractivity contribution >= 4 is 22.6 Å². The van der Waals surface area contributed by atoms with Crippen molar-refractivity contribution in [3.05, 3.63) is 70.9 Å². The predicted octanol–water partition coefficient (Wildman–Crippen LogP) is 5.67. The fraction of sp³-hybridized carbons (Fsp3) is 0.321. The summed E-state index contributed by atoms with van der Waals surface area (Å²) >= 11 is 0. The van der Waals surface area contributed by atoms with Gasteiger partial charge in [-0.1, -0.05) is 50.6 Å². The molecular weight excluding hydrogens is 440 g/mol. The van der Waals surface area contributed by atoms with Crippen LogP contribution in [-0.2, 0) is 10.2 Å². The van der Waals surface area contributed by atoms with E-state index in [1.807, 2.05) is 63.2 Å². The van der Waals surface area contributed by atoms with Gasteiger partial charge in [-0.25, -0.2) is 4.98 Å². The number of aromatic nitrogens is 3. The van der Waals surface area contributed by atoms with E-state index in [0.717, 1.165) is 33.3 Å². The lowest BCUT2D eigenvalue weighted by Crippen LogP contribution is -2.23. The Labute approximate surface area is 206 Å². The van der Waals surface area contributed by atoms with Crippen molar-refractivity contribution in [3.8, 4) is 17.3 Å². The number of carbonyl (C=O) groups excluding carboxylic acids is 1. The van der Waals surface area contributed by atoms with E-state index in [4.69, 9.17) is 14.5 Å². The number of hydrogen-bond donors (Lipinski definition) is 1. The van der Waals surface area contributed by atoms with Crippen LogP contribution in [0.25, 0.3) is 16.7 Å². The van der Waals surface area contributed by atoms with E-state index in [9.17, 15) is 4.79 Å².